The second kappa shape index (κ2) is 16.2. The molecule has 0 saturated heterocycles. The Morgan fingerprint density at radius 2 is 0.500 bits per heavy atom. The summed E-state index contributed by atoms with van der Waals surface area (Å²) in [5, 5.41) is 0. The van der Waals surface area contributed by atoms with Gasteiger partial charge in [-0.15, -0.1) is 0 Å². The van der Waals surface area contributed by atoms with Gasteiger partial charge in [0.15, 0.2) is 0 Å². The number of carbonyl (C=O) groups is 3. The van der Waals surface area contributed by atoms with Crippen LogP contribution in [0.4, 0.5) is 0 Å². The average Bonchev–Trinajstić information content (AvgIpc) is 3.19. The Bertz CT molecular complexity index is 2120. The number of hydrogen-bond donors (Lipinski definition) is 0. The number of nitrogens with zero attached hydrogens (tertiary/aromatic N) is 3. The molecular formula is C39H30N3O9P3. The van der Waals surface area contributed by atoms with Crippen LogP contribution in [0.25, 0.3) is 0 Å². The molecule has 7 rings (SSSR count). The van der Waals surface area contributed by atoms with Gasteiger partial charge in [-0.05, 0) is 109 Å². The first-order chi connectivity index (χ1) is 26.4. The molecule has 0 N–H and O–H groups in total. The molecule has 1 heterocycles. The van der Waals surface area contributed by atoms with Crippen molar-refractivity contribution in [2.75, 3.05) is 0 Å². The molecule has 1 aliphatic heterocycles. The van der Waals surface area contributed by atoms with Crippen molar-refractivity contribution in [3.8, 4) is 34.5 Å². The minimum Gasteiger partial charge on any atom is -0.413 e. The van der Waals surface area contributed by atoms with Crippen LogP contribution in [-0.2, 0) is 0 Å². The second-order valence-corrected chi connectivity index (χ2v) is 17.5. The summed E-state index contributed by atoms with van der Waals surface area (Å²) in [5.41, 5.74) is 1.25. The molecule has 15 heteroatoms. The van der Waals surface area contributed by atoms with E-state index >= 15 is 0 Å². The minimum absolute atomic E-state index is 0.251. The van der Waals surface area contributed by atoms with Crippen LogP contribution in [0.15, 0.2) is 177 Å². The van der Waals surface area contributed by atoms with E-state index in [1.807, 2.05) is 18.2 Å². The standard InChI is InChI=1S/C39H30N3O9P3/c43-28-31-16-22-37(23-17-31)49-52(46-34-10-4-1-5-11-34)40-53(47-35-12-6-2-7-13-35,50-38-24-18-32(29-44)19-25-38)42-54(41-52,48-36-14-8-3-9-15-36)51-39-26-20-33(30-45)21-27-39/h1-30H. The molecule has 0 atom stereocenters. The van der Waals surface area contributed by atoms with Gasteiger partial charge in [-0.1, -0.05) is 68.1 Å². The highest BCUT2D eigenvalue weighted by atomic mass is 31.3. The Kier molecular flexibility index (Phi) is 10.9. The summed E-state index contributed by atoms with van der Waals surface area (Å²) < 4.78 is 55.5. The first kappa shape index (κ1) is 36.2. The minimum atomic E-state index is -4.12. The zero-order valence-corrected chi connectivity index (χ0v) is 30.9. The van der Waals surface area contributed by atoms with Crippen molar-refractivity contribution in [1.82, 2.24) is 0 Å². The SMILES string of the molecule is O=Cc1ccc(OP2(Oc3ccccc3)=NP(Oc3ccccc3)(Oc3ccc(C=O)cc3)=NP(Oc3ccccc3)(Oc3ccc(C=O)cc3)=N2)cc1. The largest absolute Gasteiger partial charge is 0.460 e. The van der Waals surface area contributed by atoms with E-state index in [0.29, 0.717) is 52.8 Å². The van der Waals surface area contributed by atoms with Crippen LogP contribution in [0.3, 0.4) is 0 Å². The van der Waals surface area contributed by atoms with Crippen LogP contribution in [0, 0.1) is 0 Å². The number of rotatable bonds is 15. The Hall–Kier alpha value is -6.18. The highest BCUT2D eigenvalue weighted by Gasteiger charge is 2.49. The van der Waals surface area contributed by atoms with Gasteiger partial charge in [0.1, 0.15) is 53.4 Å². The Balaban J connectivity index is 1.55. The van der Waals surface area contributed by atoms with Gasteiger partial charge in [0, 0.05) is 16.7 Å². The summed E-state index contributed by atoms with van der Waals surface area (Å²) in [5.74, 6) is 1.77. The van der Waals surface area contributed by atoms with Crippen molar-refractivity contribution in [3.05, 3.63) is 180 Å². The van der Waals surface area contributed by atoms with Crippen LogP contribution >= 0.6 is 23.0 Å². The van der Waals surface area contributed by atoms with Gasteiger partial charge in [-0.2, -0.15) is 0 Å². The van der Waals surface area contributed by atoms with Gasteiger partial charge in [0.25, 0.3) is 0 Å². The fraction of sp³-hybridized carbons (Fsp3) is 0. The van der Waals surface area contributed by atoms with Crippen molar-refractivity contribution in [1.29, 1.82) is 0 Å². The monoisotopic (exact) mass is 777 g/mol. The highest BCUT2D eigenvalue weighted by molar-refractivity contribution is 7.79. The number of carbonyl (C=O) groups excluding carboxylic acids is 3. The summed E-state index contributed by atoms with van der Waals surface area (Å²) in [4.78, 5) is 34.7. The maximum absolute atomic E-state index is 11.6. The average molecular weight is 778 g/mol. The lowest BCUT2D eigenvalue weighted by Gasteiger charge is -2.33. The van der Waals surface area contributed by atoms with E-state index in [9.17, 15) is 14.4 Å². The fourth-order valence-corrected chi connectivity index (χ4v) is 13.9. The molecule has 0 saturated carbocycles. The van der Waals surface area contributed by atoms with Crippen LogP contribution in [0.1, 0.15) is 31.1 Å². The lowest BCUT2D eigenvalue weighted by atomic mass is 10.2. The molecule has 0 aromatic heterocycles. The predicted molar refractivity (Wildman–Crippen MR) is 207 cm³/mol. The van der Waals surface area contributed by atoms with Gasteiger partial charge in [-0.25, -0.2) is 0 Å². The maximum atomic E-state index is 11.6. The number of benzene rings is 6. The Labute approximate surface area is 311 Å². The topological polar surface area (TPSA) is 144 Å². The molecule has 0 radical (unpaired) electrons. The summed E-state index contributed by atoms with van der Waals surface area (Å²) >= 11 is 0. The molecular weight excluding hydrogens is 747 g/mol. The summed E-state index contributed by atoms with van der Waals surface area (Å²) in [6, 6.07) is 45.4. The van der Waals surface area contributed by atoms with Gasteiger partial charge in [-0.3, -0.25) is 14.4 Å². The molecule has 0 unspecified atom stereocenters. The quantitative estimate of drug-likeness (QED) is 0.0735. The summed E-state index contributed by atoms with van der Waals surface area (Å²) in [6.45, 7) is 0. The first-order valence-electron chi connectivity index (χ1n) is 16.3. The molecule has 0 fully saturated rings. The van der Waals surface area contributed by atoms with Crippen molar-refractivity contribution < 1.29 is 41.5 Å². The van der Waals surface area contributed by atoms with Crippen molar-refractivity contribution in [2.45, 2.75) is 0 Å². The van der Waals surface area contributed by atoms with Crippen molar-refractivity contribution in [3.63, 3.8) is 0 Å². The van der Waals surface area contributed by atoms with Gasteiger partial charge in [0.2, 0.25) is 0 Å². The van der Waals surface area contributed by atoms with E-state index in [0.717, 1.165) is 0 Å². The molecule has 0 aliphatic carbocycles. The van der Waals surface area contributed by atoms with E-state index in [-0.39, 0.29) is 17.2 Å². The number of aldehydes is 3. The molecule has 54 heavy (non-hydrogen) atoms. The molecule has 6 aromatic rings. The van der Waals surface area contributed by atoms with Gasteiger partial charge >= 0.3 is 23.0 Å². The van der Waals surface area contributed by atoms with E-state index < -0.39 is 23.0 Å². The molecule has 6 aromatic carbocycles. The van der Waals surface area contributed by atoms with E-state index in [1.54, 1.807) is 146 Å². The normalized spacial score (nSPS) is 20.0. The highest BCUT2D eigenvalue weighted by Crippen LogP contribution is 2.78. The predicted octanol–water partition coefficient (Wildman–Crippen LogP) is 11.8. The van der Waals surface area contributed by atoms with Crippen molar-refractivity contribution >= 4 is 41.8 Å². The second-order valence-electron chi connectivity index (χ2n) is 11.3. The number of hydrogen-bond acceptors (Lipinski definition) is 12. The molecule has 0 amide bonds. The van der Waals surface area contributed by atoms with E-state index in [4.69, 9.17) is 40.7 Å². The van der Waals surface area contributed by atoms with E-state index in [2.05, 4.69) is 0 Å². The lowest BCUT2D eigenvalue weighted by molar-refractivity contribution is 0.111. The Morgan fingerprint density at radius 1 is 0.296 bits per heavy atom. The fourth-order valence-electron chi connectivity index (χ4n) is 4.85. The third kappa shape index (κ3) is 8.88. The molecule has 0 bridgehead atoms. The smallest absolute Gasteiger partial charge is 0.413 e. The van der Waals surface area contributed by atoms with Gasteiger partial charge in [0.05, 0.1) is 0 Å². The third-order valence-corrected chi connectivity index (χ3v) is 15.4. The molecule has 0 spiro atoms. The third-order valence-electron chi connectivity index (χ3n) is 7.30. The Morgan fingerprint density at radius 3 is 0.704 bits per heavy atom. The maximum Gasteiger partial charge on any atom is 0.460 e. The summed E-state index contributed by atoms with van der Waals surface area (Å²) in [6.07, 6.45) is 2.14. The zero-order chi connectivity index (χ0) is 37.3. The van der Waals surface area contributed by atoms with Crippen LogP contribution < -0.4 is 27.1 Å². The molecule has 12 nitrogen and oxygen atoms in total. The van der Waals surface area contributed by atoms with Crippen LogP contribution in [0.2, 0.25) is 0 Å². The number of para-hydroxylation sites is 3. The van der Waals surface area contributed by atoms with Gasteiger partial charge < -0.3 is 27.1 Å². The molecule has 1 aliphatic rings. The van der Waals surface area contributed by atoms with E-state index in [1.165, 1.54) is 0 Å². The lowest BCUT2D eigenvalue weighted by Crippen LogP contribution is -2.11. The van der Waals surface area contributed by atoms with Crippen molar-refractivity contribution in [2.24, 2.45) is 13.5 Å². The zero-order valence-electron chi connectivity index (χ0n) is 28.2. The first-order valence-corrected chi connectivity index (χ1v) is 20.9. The molecule has 270 valence electrons. The van der Waals surface area contributed by atoms with Crippen LogP contribution in [0.5, 0.6) is 34.5 Å². The summed E-state index contributed by atoms with van der Waals surface area (Å²) in [7, 11) is -12.4. The van der Waals surface area contributed by atoms with Crippen LogP contribution in [-0.4, -0.2) is 18.9 Å².